The first-order valence-corrected chi connectivity index (χ1v) is 7.04. The van der Waals surface area contributed by atoms with Gasteiger partial charge in [0.05, 0.1) is 12.3 Å². The third-order valence-electron chi connectivity index (χ3n) is 4.31. The van der Waals surface area contributed by atoms with Crippen LogP contribution >= 0.6 is 0 Å². The molecule has 1 aromatic heterocycles. The fourth-order valence-corrected chi connectivity index (χ4v) is 3.38. The maximum Gasteiger partial charge on any atom is 0.107 e. The van der Waals surface area contributed by atoms with Gasteiger partial charge in [-0.1, -0.05) is 18.2 Å². The number of ether oxygens (including phenoxy) is 1. The van der Waals surface area contributed by atoms with Crippen molar-refractivity contribution in [3.8, 4) is 0 Å². The Bertz CT molecular complexity index is 602. The third-order valence-corrected chi connectivity index (χ3v) is 4.31. The highest BCUT2D eigenvalue weighted by molar-refractivity contribution is 5.85. The van der Waals surface area contributed by atoms with Gasteiger partial charge in [-0.3, -0.25) is 0 Å². The summed E-state index contributed by atoms with van der Waals surface area (Å²) in [5, 5.41) is 4.59. The molecule has 2 aromatic rings. The molecule has 2 heterocycles. The van der Waals surface area contributed by atoms with Gasteiger partial charge in [0.1, 0.15) is 5.60 Å². The molecule has 102 valence electrons. The summed E-state index contributed by atoms with van der Waals surface area (Å²) in [5.74, 6) is 0. The molecule has 0 bridgehead atoms. The van der Waals surface area contributed by atoms with Gasteiger partial charge < -0.3 is 14.6 Å². The summed E-state index contributed by atoms with van der Waals surface area (Å²) in [6, 6.07) is 8.67. The molecule has 1 unspecified atom stereocenters. The number of fused-ring (bicyclic) bond motifs is 3. The molecule has 3 rings (SSSR count). The summed E-state index contributed by atoms with van der Waals surface area (Å²) in [4.78, 5) is 0. The highest BCUT2D eigenvalue weighted by Crippen LogP contribution is 2.39. The highest BCUT2D eigenvalue weighted by Gasteiger charge is 2.36. The Balaban J connectivity index is 2.19. The van der Waals surface area contributed by atoms with E-state index in [1.165, 1.54) is 22.2 Å². The van der Waals surface area contributed by atoms with Crippen LogP contribution in [0.25, 0.3) is 10.9 Å². The predicted molar refractivity (Wildman–Crippen MR) is 78.5 cm³/mol. The Kier molecular flexibility index (Phi) is 3.11. The second-order valence-corrected chi connectivity index (χ2v) is 5.58. The van der Waals surface area contributed by atoms with Crippen LogP contribution in [0.4, 0.5) is 0 Å². The van der Waals surface area contributed by atoms with Crippen molar-refractivity contribution < 1.29 is 4.74 Å². The molecule has 0 fully saturated rings. The summed E-state index contributed by atoms with van der Waals surface area (Å²) in [6.45, 7) is 7.17. The first-order chi connectivity index (χ1) is 9.17. The summed E-state index contributed by atoms with van der Waals surface area (Å²) >= 11 is 0. The van der Waals surface area contributed by atoms with Gasteiger partial charge in [0.15, 0.2) is 0 Å². The first-order valence-electron chi connectivity index (χ1n) is 7.04. The van der Waals surface area contributed by atoms with Crippen LogP contribution in [0.2, 0.25) is 0 Å². The molecule has 0 amide bonds. The lowest BCUT2D eigenvalue weighted by Gasteiger charge is -2.36. The Morgan fingerprint density at radius 1 is 1.37 bits per heavy atom. The van der Waals surface area contributed by atoms with E-state index >= 15 is 0 Å². The van der Waals surface area contributed by atoms with Crippen molar-refractivity contribution in [2.24, 2.45) is 0 Å². The van der Waals surface area contributed by atoms with E-state index in [0.717, 1.165) is 26.1 Å². The number of nitrogens with zero attached hydrogens (tertiary/aromatic N) is 1. The fraction of sp³-hybridized carbons (Fsp3) is 0.500. The van der Waals surface area contributed by atoms with Gasteiger partial charge in [0.2, 0.25) is 0 Å². The van der Waals surface area contributed by atoms with Crippen LogP contribution in [-0.2, 0) is 16.9 Å². The molecule has 1 N–H and O–H groups in total. The smallest absolute Gasteiger partial charge is 0.107 e. The maximum atomic E-state index is 6.14. The molecule has 1 aliphatic heterocycles. The minimum atomic E-state index is -0.176. The Labute approximate surface area is 114 Å². The van der Waals surface area contributed by atoms with Crippen molar-refractivity contribution >= 4 is 10.9 Å². The molecule has 1 atom stereocenters. The Morgan fingerprint density at radius 2 is 2.16 bits per heavy atom. The zero-order chi connectivity index (χ0) is 13.5. The Hall–Kier alpha value is -1.32. The van der Waals surface area contributed by atoms with E-state index in [2.05, 4.69) is 48.0 Å². The largest absolute Gasteiger partial charge is 0.367 e. The minimum Gasteiger partial charge on any atom is -0.367 e. The van der Waals surface area contributed by atoms with Crippen LogP contribution in [0, 0.1) is 6.92 Å². The zero-order valence-corrected chi connectivity index (χ0v) is 12.0. The molecule has 3 heteroatoms. The van der Waals surface area contributed by atoms with Gasteiger partial charge >= 0.3 is 0 Å². The molecular formula is C16H22N2O. The van der Waals surface area contributed by atoms with E-state index < -0.39 is 0 Å². The monoisotopic (exact) mass is 258 g/mol. The van der Waals surface area contributed by atoms with Crippen LogP contribution in [0.3, 0.4) is 0 Å². The van der Waals surface area contributed by atoms with Crippen molar-refractivity contribution in [3.63, 3.8) is 0 Å². The number of benzene rings is 1. The molecule has 19 heavy (non-hydrogen) atoms. The number of aromatic nitrogens is 1. The van der Waals surface area contributed by atoms with Crippen LogP contribution in [0.15, 0.2) is 24.3 Å². The van der Waals surface area contributed by atoms with E-state index in [4.69, 9.17) is 4.74 Å². The van der Waals surface area contributed by atoms with E-state index in [0.29, 0.717) is 0 Å². The normalized spacial score (nSPS) is 22.7. The zero-order valence-electron chi connectivity index (χ0n) is 12.0. The van der Waals surface area contributed by atoms with Crippen molar-refractivity contribution in [1.82, 2.24) is 9.88 Å². The maximum absolute atomic E-state index is 6.14. The summed E-state index contributed by atoms with van der Waals surface area (Å²) in [7, 11) is 1.99. The van der Waals surface area contributed by atoms with Gasteiger partial charge in [-0.25, -0.2) is 0 Å². The van der Waals surface area contributed by atoms with Gasteiger partial charge in [-0.15, -0.1) is 0 Å². The van der Waals surface area contributed by atoms with Gasteiger partial charge in [-0.2, -0.15) is 0 Å². The molecule has 1 aliphatic rings. The van der Waals surface area contributed by atoms with Crippen molar-refractivity contribution in [2.75, 3.05) is 20.2 Å². The minimum absolute atomic E-state index is 0.176. The van der Waals surface area contributed by atoms with E-state index in [-0.39, 0.29) is 5.60 Å². The summed E-state index contributed by atoms with van der Waals surface area (Å²) in [5.41, 5.74) is 3.89. The van der Waals surface area contributed by atoms with Crippen molar-refractivity contribution in [3.05, 3.63) is 35.5 Å². The second kappa shape index (κ2) is 4.66. The lowest BCUT2D eigenvalue weighted by atomic mass is 9.93. The number of aryl methyl sites for hydroxylation is 1. The van der Waals surface area contributed by atoms with Gasteiger partial charge in [-0.05, 0) is 45.5 Å². The number of para-hydroxylation sites is 1. The first kappa shape index (κ1) is 12.7. The lowest BCUT2D eigenvalue weighted by Crippen LogP contribution is -2.38. The second-order valence-electron chi connectivity index (χ2n) is 5.58. The van der Waals surface area contributed by atoms with Crippen molar-refractivity contribution in [2.45, 2.75) is 32.4 Å². The third kappa shape index (κ3) is 1.88. The SMILES string of the molecule is CNCCC1(C)OCCn2c1c(C)c1ccccc12. The number of rotatable bonds is 3. The van der Waals surface area contributed by atoms with Gasteiger partial charge in [0.25, 0.3) is 0 Å². The molecule has 0 saturated heterocycles. The molecule has 1 aromatic carbocycles. The summed E-state index contributed by atoms with van der Waals surface area (Å²) < 4.78 is 8.59. The fourth-order valence-electron chi connectivity index (χ4n) is 3.38. The topological polar surface area (TPSA) is 26.2 Å². The molecule has 0 radical (unpaired) electrons. The Morgan fingerprint density at radius 3 is 2.95 bits per heavy atom. The molecule has 0 spiro atoms. The van der Waals surface area contributed by atoms with Crippen molar-refractivity contribution in [1.29, 1.82) is 0 Å². The average molecular weight is 258 g/mol. The average Bonchev–Trinajstić information content (AvgIpc) is 2.73. The quantitative estimate of drug-likeness (QED) is 0.916. The molecule has 3 nitrogen and oxygen atoms in total. The van der Waals surface area contributed by atoms with Crippen LogP contribution in [-0.4, -0.2) is 24.8 Å². The molecule has 0 aliphatic carbocycles. The van der Waals surface area contributed by atoms with Crippen LogP contribution in [0.1, 0.15) is 24.6 Å². The highest BCUT2D eigenvalue weighted by atomic mass is 16.5. The van der Waals surface area contributed by atoms with E-state index in [1.54, 1.807) is 0 Å². The molecular weight excluding hydrogens is 236 g/mol. The number of hydrogen-bond acceptors (Lipinski definition) is 2. The standard InChI is InChI=1S/C16H22N2O/c1-12-13-6-4-5-7-14(13)18-10-11-19-16(2,15(12)18)8-9-17-3/h4-7,17H,8-11H2,1-3H3. The van der Waals surface area contributed by atoms with Crippen LogP contribution in [0.5, 0.6) is 0 Å². The summed E-state index contributed by atoms with van der Waals surface area (Å²) in [6.07, 6.45) is 1.00. The lowest BCUT2D eigenvalue weighted by molar-refractivity contribution is -0.0686. The molecule has 0 saturated carbocycles. The van der Waals surface area contributed by atoms with E-state index in [1.807, 2.05) is 7.05 Å². The van der Waals surface area contributed by atoms with E-state index in [9.17, 15) is 0 Å². The van der Waals surface area contributed by atoms with Gasteiger partial charge in [0, 0.05) is 17.4 Å². The predicted octanol–water partition coefficient (Wildman–Crippen LogP) is 2.80. The number of nitrogens with one attached hydrogen (secondary N) is 1. The van der Waals surface area contributed by atoms with Crippen LogP contribution < -0.4 is 5.32 Å². The number of hydrogen-bond donors (Lipinski definition) is 1.